The highest BCUT2D eigenvalue weighted by Crippen LogP contribution is 2.15. The Bertz CT molecular complexity index is 254. The molecule has 13 heavy (non-hydrogen) atoms. The van der Waals surface area contributed by atoms with Crippen molar-refractivity contribution in [3.05, 3.63) is 36.7 Å². The van der Waals surface area contributed by atoms with E-state index in [4.69, 9.17) is 0 Å². The summed E-state index contributed by atoms with van der Waals surface area (Å²) >= 11 is 0. The van der Waals surface area contributed by atoms with Crippen molar-refractivity contribution >= 4 is 5.57 Å². The van der Waals surface area contributed by atoms with Crippen molar-refractivity contribution < 1.29 is 0 Å². The van der Waals surface area contributed by atoms with E-state index in [2.05, 4.69) is 22.9 Å². The van der Waals surface area contributed by atoms with Crippen molar-refractivity contribution in [2.75, 3.05) is 13.6 Å². The molecule has 0 aliphatic rings. The molecule has 1 aromatic rings. The van der Waals surface area contributed by atoms with E-state index in [1.54, 1.807) is 6.20 Å². The molecule has 0 amide bonds. The number of rotatable bonds is 5. The molecular formula is C11H16N2. The van der Waals surface area contributed by atoms with Crippen LogP contribution in [0.25, 0.3) is 5.57 Å². The molecule has 0 aromatic carbocycles. The summed E-state index contributed by atoms with van der Waals surface area (Å²) < 4.78 is 0. The average molecular weight is 176 g/mol. The largest absolute Gasteiger partial charge is 0.320 e. The van der Waals surface area contributed by atoms with Crippen LogP contribution in [0.15, 0.2) is 31.1 Å². The van der Waals surface area contributed by atoms with E-state index in [1.165, 1.54) is 5.57 Å². The van der Waals surface area contributed by atoms with Crippen LogP contribution in [0, 0.1) is 0 Å². The second-order valence-electron chi connectivity index (χ2n) is 3.05. The Hall–Kier alpha value is -1.15. The molecule has 0 fully saturated rings. The minimum absolute atomic E-state index is 1.03. The van der Waals surface area contributed by atoms with Crippen molar-refractivity contribution in [1.82, 2.24) is 10.3 Å². The maximum Gasteiger partial charge on any atom is 0.0342 e. The van der Waals surface area contributed by atoms with Gasteiger partial charge in [0.25, 0.3) is 0 Å². The normalized spacial score (nSPS) is 9.92. The summed E-state index contributed by atoms with van der Waals surface area (Å²) in [6.45, 7) is 5.07. The Kier molecular flexibility index (Phi) is 4.19. The van der Waals surface area contributed by atoms with E-state index >= 15 is 0 Å². The summed E-state index contributed by atoms with van der Waals surface area (Å²) in [4.78, 5) is 4.06. The lowest BCUT2D eigenvalue weighted by Crippen LogP contribution is -2.07. The van der Waals surface area contributed by atoms with Gasteiger partial charge in [0.2, 0.25) is 0 Å². The van der Waals surface area contributed by atoms with Crippen LogP contribution in [0.3, 0.4) is 0 Å². The van der Waals surface area contributed by atoms with E-state index in [9.17, 15) is 0 Å². The van der Waals surface area contributed by atoms with Gasteiger partial charge < -0.3 is 5.32 Å². The van der Waals surface area contributed by atoms with Gasteiger partial charge in [-0.2, -0.15) is 0 Å². The van der Waals surface area contributed by atoms with Gasteiger partial charge >= 0.3 is 0 Å². The topological polar surface area (TPSA) is 24.9 Å². The highest BCUT2D eigenvalue weighted by Gasteiger charge is 1.97. The number of hydrogen-bond donors (Lipinski definition) is 1. The summed E-state index contributed by atoms with van der Waals surface area (Å²) in [5, 5.41) is 3.12. The van der Waals surface area contributed by atoms with Crippen LogP contribution in [0.2, 0.25) is 0 Å². The Labute approximate surface area is 79.7 Å². The maximum atomic E-state index is 4.06. The fourth-order valence-corrected chi connectivity index (χ4v) is 1.19. The third kappa shape index (κ3) is 3.38. The van der Waals surface area contributed by atoms with Crippen LogP contribution in [0.1, 0.15) is 18.4 Å². The summed E-state index contributed by atoms with van der Waals surface area (Å²) in [6.07, 6.45) is 5.81. The molecule has 1 rings (SSSR count). The van der Waals surface area contributed by atoms with Crippen molar-refractivity contribution in [2.45, 2.75) is 12.8 Å². The predicted octanol–water partition coefficient (Wildman–Crippen LogP) is 2.09. The molecule has 2 nitrogen and oxygen atoms in total. The van der Waals surface area contributed by atoms with Gasteiger partial charge in [-0.15, -0.1) is 0 Å². The molecule has 0 unspecified atom stereocenters. The molecule has 0 aliphatic carbocycles. The summed E-state index contributed by atoms with van der Waals surface area (Å²) in [6, 6.07) is 3.99. The minimum atomic E-state index is 1.03. The quantitative estimate of drug-likeness (QED) is 0.695. The van der Waals surface area contributed by atoms with Crippen molar-refractivity contribution in [3.8, 4) is 0 Å². The van der Waals surface area contributed by atoms with Gasteiger partial charge in [0.05, 0.1) is 0 Å². The lowest BCUT2D eigenvalue weighted by Gasteiger charge is -2.04. The minimum Gasteiger partial charge on any atom is -0.320 e. The molecule has 0 spiro atoms. The molecule has 0 aliphatic heterocycles. The second-order valence-corrected chi connectivity index (χ2v) is 3.05. The van der Waals surface area contributed by atoms with Gasteiger partial charge in [0, 0.05) is 12.4 Å². The number of aromatic nitrogens is 1. The molecule has 0 radical (unpaired) electrons. The maximum absolute atomic E-state index is 4.06. The molecule has 0 bridgehead atoms. The van der Waals surface area contributed by atoms with Crippen molar-refractivity contribution in [2.24, 2.45) is 0 Å². The molecular weight excluding hydrogens is 160 g/mol. The van der Waals surface area contributed by atoms with E-state index in [1.807, 2.05) is 19.3 Å². The smallest absolute Gasteiger partial charge is 0.0342 e. The number of allylic oxidation sites excluding steroid dienone is 1. The van der Waals surface area contributed by atoms with Crippen molar-refractivity contribution in [3.63, 3.8) is 0 Å². The van der Waals surface area contributed by atoms with Gasteiger partial charge in [-0.1, -0.05) is 12.6 Å². The van der Waals surface area contributed by atoms with Gasteiger partial charge in [-0.25, -0.2) is 0 Å². The summed E-state index contributed by atoms with van der Waals surface area (Å²) in [7, 11) is 1.97. The van der Waals surface area contributed by atoms with Crippen LogP contribution in [-0.4, -0.2) is 18.6 Å². The van der Waals surface area contributed by atoms with Crippen LogP contribution in [0.4, 0.5) is 0 Å². The molecule has 1 heterocycles. The third-order valence-electron chi connectivity index (χ3n) is 1.98. The summed E-state index contributed by atoms with van der Waals surface area (Å²) in [5.41, 5.74) is 2.32. The lowest BCUT2D eigenvalue weighted by atomic mass is 10.1. The number of hydrogen-bond acceptors (Lipinski definition) is 2. The van der Waals surface area contributed by atoms with Gasteiger partial charge in [-0.05, 0) is 43.6 Å². The standard InChI is InChI=1S/C11H16N2/c1-10(5-3-7-12-2)11-6-4-8-13-9-11/h4,6,8-9,12H,1,3,5,7H2,2H3. The molecule has 2 heteroatoms. The van der Waals surface area contributed by atoms with Gasteiger partial charge in [0.15, 0.2) is 0 Å². The van der Waals surface area contributed by atoms with E-state index in [0.717, 1.165) is 24.9 Å². The Morgan fingerprint density at radius 1 is 1.62 bits per heavy atom. The number of nitrogens with zero attached hydrogens (tertiary/aromatic N) is 1. The fourth-order valence-electron chi connectivity index (χ4n) is 1.19. The molecule has 1 N–H and O–H groups in total. The Morgan fingerprint density at radius 2 is 2.46 bits per heavy atom. The van der Waals surface area contributed by atoms with E-state index in [-0.39, 0.29) is 0 Å². The highest BCUT2D eigenvalue weighted by atomic mass is 14.8. The second kappa shape index (κ2) is 5.49. The lowest BCUT2D eigenvalue weighted by molar-refractivity contribution is 0.741. The zero-order chi connectivity index (χ0) is 9.52. The fraction of sp³-hybridized carbons (Fsp3) is 0.364. The molecule has 0 saturated carbocycles. The predicted molar refractivity (Wildman–Crippen MR) is 56.4 cm³/mol. The monoisotopic (exact) mass is 176 g/mol. The van der Waals surface area contributed by atoms with Crippen molar-refractivity contribution in [1.29, 1.82) is 0 Å². The van der Waals surface area contributed by atoms with E-state index < -0.39 is 0 Å². The Morgan fingerprint density at radius 3 is 3.08 bits per heavy atom. The molecule has 0 saturated heterocycles. The van der Waals surface area contributed by atoms with Crippen LogP contribution in [-0.2, 0) is 0 Å². The van der Waals surface area contributed by atoms with Gasteiger partial charge in [0.1, 0.15) is 0 Å². The Balaban J connectivity index is 2.40. The zero-order valence-electron chi connectivity index (χ0n) is 8.09. The first-order valence-electron chi connectivity index (χ1n) is 4.57. The third-order valence-corrected chi connectivity index (χ3v) is 1.98. The zero-order valence-corrected chi connectivity index (χ0v) is 8.09. The van der Waals surface area contributed by atoms with Gasteiger partial charge in [-0.3, -0.25) is 4.98 Å². The van der Waals surface area contributed by atoms with Crippen LogP contribution >= 0.6 is 0 Å². The first-order chi connectivity index (χ1) is 6.34. The molecule has 70 valence electrons. The van der Waals surface area contributed by atoms with Crippen LogP contribution in [0.5, 0.6) is 0 Å². The molecule has 0 atom stereocenters. The first kappa shape index (κ1) is 9.93. The van der Waals surface area contributed by atoms with Crippen LogP contribution < -0.4 is 5.32 Å². The summed E-state index contributed by atoms with van der Waals surface area (Å²) in [5.74, 6) is 0. The number of nitrogens with one attached hydrogen (secondary N) is 1. The first-order valence-corrected chi connectivity index (χ1v) is 4.57. The molecule has 1 aromatic heterocycles. The highest BCUT2D eigenvalue weighted by molar-refractivity contribution is 5.62. The van der Waals surface area contributed by atoms with E-state index in [0.29, 0.717) is 0 Å². The number of pyridine rings is 1. The average Bonchev–Trinajstić information content (AvgIpc) is 2.19. The SMILES string of the molecule is C=C(CCCNC)c1cccnc1.